The van der Waals surface area contributed by atoms with Crippen molar-refractivity contribution in [2.45, 2.75) is 6.18 Å². The lowest BCUT2D eigenvalue weighted by Gasteiger charge is -2.17. The van der Waals surface area contributed by atoms with Crippen LogP contribution in [0.15, 0.2) is 16.3 Å². The molecule has 0 bridgehead atoms. The molecule has 3 nitrogen and oxygen atoms in total. The number of nitrogens with one attached hydrogen (secondary N) is 1. The minimum Gasteiger partial charge on any atom is -0.362 e. The molecule has 1 heterocycles. The van der Waals surface area contributed by atoms with Gasteiger partial charge in [0.2, 0.25) is 0 Å². The lowest BCUT2D eigenvalue weighted by Crippen LogP contribution is -2.32. The Hall–Kier alpha value is -1.04. The Morgan fingerprint density at radius 2 is 2.23 bits per heavy atom. The second kappa shape index (κ2) is 3.37. The number of hydrogen-bond donors (Lipinski definition) is 1. The van der Waals surface area contributed by atoms with Crippen molar-refractivity contribution >= 4 is 23.1 Å². The van der Waals surface area contributed by atoms with Crippen molar-refractivity contribution in [3.8, 4) is 0 Å². The molecule has 7 heteroatoms. The molecule has 0 aliphatic carbocycles. The van der Waals surface area contributed by atoms with Crippen molar-refractivity contribution in [3.05, 3.63) is 11.3 Å². The highest BCUT2D eigenvalue weighted by molar-refractivity contribution is 6.70. The summed E-state index contributed by atoms with van der Waals surface area (Å²) in [5.41, 5.74) is -1.79. The second-order valence-corrected chi connectivity index (χ2v) is 2.55. The number of halogens is 4. The Labute approximate surface area is 76.3 Å². The van der Waals surface area contributed by atoms with Gasteiger partial charge in [0, 0.05) is 6.21 Å². The first-order valence-corrected chi connectivity index (χ1v) is 3.55. The fourth-order valence-corrected chi connectivity index (χ4v) is 0.967. The summed E-state index contributed by atoms with van der Waals surface area (Å²) in [6.07, 6.45) is -3.79. The summed E-state index contributed by atoms with van der Waals surface area (Å²) < 4.78 is 36.5. The van der Waals surface area contributed by atoms with E-state index in [1.807, 2.05) is 5.32 Å². The molecule has 0 atom stereocenters. The number of carbonyl (C=O) groups is 1. The molecule has 0 saturated heterocycles. The lowest BCUT2D eigenvalue weighted by molar-refractivity contribution is -0.111. The van der Waals surface area contributed by atoms with Crippen LogP contribution in [0, 0.1) is 0 Å². The van der Waals surface area contributed by atoms with Crippen LogP contribution in [-0.4, -0.2) is 24.3 Å². The van der Waals surface area contributed by atoms with E-state index in [2.05, 4.69) is 4.99 Å². The molecular formula is C6H4ClF3N2O. The maximum absolute atomic E-state index is 12.2. The summed E-state index contributed by atoms with van der Waals surface area (Å²) in [5.74, 6) is 0. The van der Waals surface area contributed by atoms with Gasteiger partial charge in [-0.3, -0.25) is 9.79 Å². The zero-order valence-electron chi connectivity index (χ0n) is 6.15. The predicted octanol–water partition coefficient (Wildman–Crippen LogP) is 1.20. The van der Waals surface area contributed by atoms with Crippen molar-refractivity contribution in [3.63, 3.8) is 0 Å². The Kier molecular flexibility index (Phi) is 2.60. The third-order valence-corrected chi connectivity index (χ3v) is 1.54. The van der Waals surface area contributed by atoms with Crippen molar-refractivity contribution < 1.29 is 18.0 Å². The largest absolute Gasteiger partial charge is 0.431 e. The smallest absolute Gasteiger partial charge is 0.362 e. The van der Waals surface area contributed by atoms with Gasteiger partial charge < -0.3 is 5.32 Å². The zero-order valence-corrected chi connectivity index (χ0v) is 6.91. The Balaban J connectivity index is 3.13. The molecule has 0 spiro atoms. The molecule has 0 aromatic heterocycles. The van der Waals surface area contributed by atoms with Crippen LogP contribution in [0.1, 0.15) is 0 Å². The van der Waals surface area contributed by atoms with Crippen LogP contribution in [0.2, 0.25) is 0 Å². The van der Waals surface area contributed by atoms with Crippen molar-refractivity contribution in [2.75, 3.05) is 6.67 Å². The SMILES string of the molecule is O=C(Cl)C1=C(C(F)(F)F)NCN=C1. The van der Waals surface area contributed by atoms with Gasteiger partial charge in [-0.15, -0.1) is 0 Å². The van der Waals surface area contributed by atoms with Crippen LogP contribution in [0.3, 0.4) is 0 Å². The van der Waals surface area contributed by atoms with Gasteiger partial charge in [0.05, 0.1) is 5.57 Å². The van der Waals surface area contributed by atoms with Gasteiger partial charge in [-0.2, -0.15) is 13.2 Å². The maximum atomic E-state index is 12.2. The number of hydrogen-bond acceptors (Lipinski definition) is 3. The number of alkyl halides is 3. The Bertz CT molecular complexity index is 295. The van der Waals surface area contributed by atoms with Gasteiger partial charge in [-0.05, 0) is 11.6 Å². The Morgan fingerprint density at radius 1 is 1.62 bits per heavy atom. The van der Waals surface area contributed by atoms with E-state index in [1.165, 1.54) is 0 Å². The van der Waals surface area contributed by atoms with Crippen molar-refractivity contribution in [1.82, 2.24) is 5.32 Å². The van der Waals surface area contributed by atoms with Gasteiger partial charge in [-0.25, -0.2) is 0 Å². The summed E-state index contributed by atoms with van der Waals surface area (Å²) >= 11 is 4.93. The van der Waals surface area contributed by atoms with Gasteiger partial charge in [0.1, 0.15) is 12.4 Å². The zero-order chi connectivity index (χ0) is 10.1. The minimum atomic E-state index is -4.60. The quantitative estimate of drug-likeness (QED) is 0.664. The molecule has 0 aromatic carbocycles. The summed E-state index contributed by atoms with van der Waals surface area (Å²) in [5, 5.41) is 0.764. The standard InChI is InChI=1S/C6H4ClF3N2O/c7-5(13)3-1-11-2-12-4(3)6(8,9)10/h1,12H,2H2. The van der Waals surface area contributed by atoms with E-state index in [4.69, 9.17) is 11.6 Å². The first-order valence-electron chi connectivity index (χ1n) is 3.18. The van der Waals surface area contributed by atoms with Gasteiger partial charge in [-0.1, -0.05) is 0 Å². The van der Waals surface area contributed by atoms with E-state index in [-0.39, 0.29) is 6.67 Å². The molecule has 0 amide bonds. The fourth-order valence-electron chi connectivity index (χ4n) is 0.823. The highest BCUT2D eigenvalue weighted by Crippen LogP contribution is 2.27. The summed E-state index contributed by atoms with van der Waals surface area (Å²) in [6.45, 7) is -0.206. The molecule has 0 aromatic rings. The van der Waals surface area contributed by atoms with Crippen LogP contribution < -0.4 is 5.32 Å². The molecule has 0 fully saturated rings. The van der Waals surface area contributed by atoms with E-state index >= 15 is 0 Å². The highest BCUT2D eigenvalue weighted by atomic mass is 35.5. The summed E-state index contributed by atoms with van der Waals surface area (Å²) in [6, 6.07) is 0. The third kappa shape index (κ3) is 2.21. The first-order chi connectivity index (χ1) is 5.93. The molecule has 1 aliphatic heterocycles. The average molecular weight is 213 g/mol. The maximum Gasteiger partial charge on any atom is 0.431 e. The summed E-state index contributed by atoms with van der Waals surface area (Å²) in [4.78, 5) is 14.0. The van der Waals surface area contributed by atoms with E-state index in [1.54, 1.807) is 0 Å². The van der Waals surface area contributed by atoms with Crippen LogP contribution >= 0.6 is 11.6 Å². The molecule has 0 unspecified atom stereocenters. The number of carbonyl (C=O) groups excluding carboxylic acids is 1. The number of allylic oxidation sites excluding steroid dienone is 2. The second-order valence-electron chi connectivity index (χ2n) is 2.21. The average Bonchev–Trinajstić information content (AvgIpc) is 2.03. The van der Waals surface area contributed by atoms with E-state index in [9.17, 15) is 18.0 Å². The lowest BCUT2D eigenvalue weighted by atomic mass is 10.2. The van der Waals surface area contributed by atoms with Crippen LogP contribution in [0.4, 0.5) is 13.2 Å². The van der Waals surface area contributed by atoms with Gasteiger partial charge in [0.15, 0.2) is 0 Å². The monoisotopic (exact) mass is 212 g/mol. The molecular weight excluding hydrogens is 209 g/mol. The molecule has 13 heavy (non-hydrogen) atoms. The summed E-state index contributed by atoms with van der Waals surface area (Å²) in [7, 11) is 0. The van der Waals surface area contributed by atoms with Gasteiger partial charge in [0.25, 0.3) is 5.24 Å². The van der Waals surface area contributed by atoms with Crippen molar-refractivity contribution in [1.29, 1.82) is 0 Å². The first kappa shape index (κ1) is 10.0. The van der Waals surface area contributed by atoms with Crippen LogP contribution in [0.5, 0.6) is 0 Å². The molecule has 1 rings (SSSR count). The fraction of sp³-hybridized carbons (Fsp3) is 0.333. The van der Waals surface area contributed by atoms with E-state index < -0.39 is 22.7 Å². The predicted molar refractivity (Wildman–Crippen MR) is 40.4 cm³/mol. The molecule has 1 aliphatic rings. The molecule has 1 N–H and O–H groups in total. The normalized spacial score (nSPS) is 17.2. The molecule has 0 radical (unpaired) electrons. The number of rotatable bonds is 1. The highest BCUT2D eigenvalue weighted by Gasteiger charge is 2.38. The third-order valence-electron chi connectivity index (χ3n) is 1.33. The molecule has 72 valence electrons. The van der Waals surface area contributed by atoms with E-state index in [0.717, 1.165) is 6.21 Å². The van der Waals surface area contributed by atoms with Crippen LogP contribution in [-0.2, 0) is 4.79 Å². The van der Waals surface area contributed by atoms with E-state index in [0.29, 0.717) is 0 Å². The topological polar surface area (TPSA) is 41.5 Å². The molecule has 0 saturated carbocycles. The van der Waals surface area contributed by atoms with Crippen LogP contribution in [0.25, 0.3) is 0 Å². The number of aliphatic imine (C=N–C) groups is 1. The van der Waals surface area contributed by atoms with Crippen molar-refractivity contribution in [2.24, 2.45) is 4.99 Å². The van der Waals surface area contributed by atoms with Gasteiger partial charge >= 0.3 is 6.18 Å². The Morgan fingerprint density at radius 3 is 2.62 bits per heavy atom. The number of nitrogens with zero attached hydrogens (tertiary/aromatic N) is 1. The minimum absolute atomic E-state index is 0.206.